The second kappa shape index (κ2) is 8.03. The number of benzene rings is 2. The Kier molecular flexibility index (Phi) is 5.07. The molecule has 2 aromatic carbocycles. The van der Waals surface area contributed by atoms with Crippen LogP contribution in [0, 0.1) is 5.82 Å². The van der Waals surface area contributed by atoms with Gasteiger partial charge in [-0.25, -0.2) is 9.37 Å². The normalized spacial score (nSPS) is 17.3. The van der Waals surface area contributed by atoms with Crippen molar-refractivity contribution < 1.29 is 8.81 Å². The standard InChI is InChI=1S/C23H22FN5O2/c1-28-20(25-18-11-5-3-9-16(18)23(28)30)14-29-13-7-6-12-19(29)22-27-26-21(31-22)15-8-2-4-10-17(15)24/h2-5,8-11,19H,6-7,12-14H2,1H3/t19-/m0/s1. The number of piperidine rings is 1. The van der Waals surface area contributed by atoms with E-state index in [0.29, 0.717) is 34.7 Å². The van der Waals surface area contributed by atoms with E-state index in [1.165, 1.54) is 6.07 Å². The summed E-state index contributed by atoms with van der Waals surface area (Å²) in [6.07, 6.45) is 2.91. The molecule has 0 amide bonds. The van der Waals surface area contributed by atoms with Gasteiger partial charge in [-0.2, -0.15) is 0 Å². The van der Waals surface area contributed by atoms with Gasteiger partial charge >= 0.3 is 0 Å². The molecule has 8 heteroatoms. The van der Waals surface area contributed by atoms with Crippen LogP contribution in [0.5, 0.6) is 0 Å². The van der Waals surface area contributed by atoms with Crippen molar-refractivity contribution in [3.63, 3.8) is 0 Å². The Hall–Kier alpha value is -3.39. The summed E-state index contributed by atoms with van der Waals surface area (Å²) >= 11 is 0. The van der Waals surface area contributed by atoms with Crippen LogP contribution >= 0.6 is 0 Å². The van der Waals surface area contributed by atoms with E-state index < -0.39 is 5.82 Å². The molecule has 1 fully saturated rings. The first-order valence-corrected chi connectivity index (χ1v) is 10.4. The molecule has 1 saturated heterocycles. The maximum Gasteiger partial charge on any atom is 0.261 e. The summed E-state index contributed by atoms with van der Waals surface area (Å²) in [5.74, 6) is 0.927. The summed E-state index contributed by atoms with van der Waals surface area (Å²) in [5.41, 5.74) is 0.921. The molecule has 7 nitrogen and oxygen atoms in total. The molecular formula is C23H22FN5O2. The fraction of sp³-hybridized carbons (Fsp3) is 0.304. The molecule has 158 valence electrons. The van der Waals surface area contributed by atoms with Gasteiger partial charge in [0, 0.05) is 7.05 Å². The summed E-state index contributed by atoms with van der Waals surface area (Å²) in [6, 6.07) is 13.6. The second-order valence-electron chi connectivity index (χ2n) is 7.82. The summed E-state index contributed by atoms with van der Waals surface area (Å²) in [6.45, 7) is 1.31. The largest absolute Gasteiger partial charge is 0.419 e. The van der Waals surface area contributed by atoms with Gasteiger partial charge in [-0.1, -0.05) is 30.7 Å². The Bertz CT molecular complexity index is 1300. The fourth-order valence-corrected chi connectivity index (χ4v) is 4.16. The molecule has 31 heavy (non-hydrogen) atoms. The maximum atomic E-state index is 14.1. The average Bonchev–Trinajstić information content (AvgIpc) is 3.28. The van der Waals surface area contributed by atoms with E-state index >= 15 is 0 Å². The van der Waals surface area contributed by atoms with E-state index in [1.807, 2.05) is 18.2 Å². The van der Waals surface area contributed by atoms with Gasteiger partial charge in [0.25, 0.3) is 11.4 Å². The van der Waals surface area contributed by atoms with Gasteiger partial charge in [-0.15, -0.1) is 10.2 Å². The molecule has 3 heterocycles. The van der Waals surface area contributed by atoms with Gasteiger partial charge in [0.2, 0.25) is 5.89 Å². The molecule has 2 aromatic heterocycles. The van der Waals surface area contributed by atoms with Gasteiger partial charge in [0.1, 0.15) is 11.6 Å². The zero-order valence-corrected chi connectivity index (χ0v) is 17.2. The van der Waals surface area contributed by atoms with Crippen molar-refractivity contribution in [2.75, 3.05) is 6.54 Å². The van der Waals surface area contributed by atoms with Crippen LogP contribution in [0.4, 0.5) is 4.39 Å². The zero-order valence-electron chi connectivity index (χ0n) is 17.2. The van der Waals surface area contributed by atoms with Gasteiger partial charge in [0.05, 0.1) is 29.1 Å². The Morgan fingerprint density at radius 3 is 2.77 bits per heavy atom. The number of halogens is 1. The molecule has 0 N–H and O–H groups in total. The van der Waals surface area contributed by atoms with Gasteiger partial charge in [0.15, 0.2) is 0 Å². The first kappa shape index (κ1) is 19.6. The Labute approximate surface area is 178 Å². The predicted molar refractivity (Wildman–Crippen MR) is 114 cm³/mol. The summed E-state index contributed by atoms with van der Waals surface area (Å²) < 4.78 is 21.6. The molecule has 0 bridgehead atoms. The van der Waals surface area contributed by atoms with Crippen molar-refractivity contribution in [3.05, 3.63) is 76.4 Å². The molecule has 0 radical (unpaired) electrons. The van der Waals surface area contributed by atoms with Crippen LogP contribution in [-0.2, 0) is 13.6 Å². The molecule has 0 spiro atoms. The van der Waals surface area contributed by atoms with Crippen LogP contribution in [0.1, 0.15) is 37.0 Å². The summed E-state index contributed by atoms with van der Waals surface area (Å²) in [5, 5.41) is 8.91. The third-order valence-electron chi connectivity index (χ3n) is 5.86. The molecule has 1 aliphatic heterocycles. The number of hydrogen-bond acceptors (Lipinski definition) is 6. The number of likely N-dealkylation sites (tertiary alicyclic amines) is 1. The highest BCUT2D eigenvalue weighted by atomic mass is 19.1. The lowest BCUT2D eigenvalue weighted by atomic mass is 10.0. The lowest BCUT2D eigenvalue weighted by Gasteiger charge is -2.33. The monoisotopic (exact) mass is 419 g/mol. The topological polar surface area (TPSA) is 77.1 Å². The number of hydrogen-bond donors (Lipinski definition) is 0. The molecule has 0 unspecified atom stereocenters. The minimum atomic E-state index is -0.395. The van der Waals surface area contributed by atoms with Crippen molar-refractivity contribution in [1.82, 2.24) is 24.6 Å². The minimum absolute atomic E-state index is 0.0613. The van der Waals surface area contributed by atoms with E-state index in [0.717, 1.165) is 25.8 Å². The predicted octanol–water partition coefficient (Wildman–Crippen LogP) is 3.85. The molecule has 0 aliphatic carbocycles. The van der Waals surface area contributed by atoms with Crippen LogP contribution in [0.3, 0.4) is 0 Å². The Morgan fingerprint density at radius 2 is 1.90 bits per heavy atom. The SMILES string of the molecule is Cn1c(CN2CCCC[C@H]2c2nnc(-c3ccccc3F)o2)nc2ccccc2c1=O. The third kappa shape index (κ3) is 3.63. The molecule has 1 aliphatic rings. The maximum absolute atomic E-state index is 14.1. The van der Waals surface area contributed by atoms with Crippen molar-refractivity contribution in [3.8, 4) is 11.5 Å². The molecule has 0 saturated carbocycles. The number of aromatic nitrogens is 4. The quantitative estimate of drug-likeness (QED) is 0.500. The molecule has 1 atom stereocenters. The lowest BCUT2D eigenvalue weighted by molar-refractivity contribution is 0.113. The number of fused-ring (bicyclic) bond motifs is 1. The third-order valence-corrected chi connectivity index (χ3v) is 5.86. The molecule has 5 rings (SSSR count). The van der Waals surface area contributed by atoms with Crippen LogP contribution < -0.4 is 5.56 Å². The van der Waals surface area contributed by atoms with E-state index in [4.69, 9.17) is 9.40 Å². The van der Waals surface area contributed by atoms with E-state index in [1.54, 1.807) is 35.9 Å². The Morgan fingerprint density at radius 1 is 1.10 bits per heavy atom. The fourth-order valence-electron chi connectivity index (χ4n) is 4.16. The van der Waals surface area contributed by atoms with E-state index in [9.17, 15) is 9.18 Å². The van der Waals surface area contributed by atoms with Crippen LogP contribution in [0.2, 0.25) is 0 Å². The van der Waals surface area contributed by atoms with Gasteiger partial charge in [-0.3, -0.25) is 14.3 Å². The molecular weight excluding hydrogens is 397 g/mol. The van der Waals surface area contributed by atoms with Gasteiger partial charge in [-0.05, 0) is 43.7 Å². The van der Waals surface area contributed by atoms with Crippen LogP contribution in [0.15, 0.2) is 57.7 Å². The van der Waals surface area contributed by atoms with E-state index in [2.05, 4.69) is 15.1 Å². The van der Waals surface area contributed by atoms with E-state index in [-0.39, 0.29) is 17.5 Å². The Balaban J connectivity index is 1.46. The van der Waals surface area contributed by atoms with Crippen LogP contribution in [-0.4, -0.2) is 31.2 Å². The highest BCUT2D eigenvalue weighted by Crippen LogP contribution is 2.33. The minimum Gasteiger partial charge on any atom is -0.419 e. The number of nitrogens with zero attached hydrogens (tertiary/aromatic N) is 5. The summed E-state index contributed by atoms with van der Waals surface area (Å²) in [4.78, 5) is 19.7. The second-order valence-corrected chi connectivity index (χ2v) is 7.82. The van der Waals surface area contributed by atoms with Crippen LogP contribution in [0.25, 0.3) is 22.4 Å². The van der Waals surface area contributed by atoms with Crippen molar-refractivity contribution >= 4 is 10.9 Å². The summed E-state index contributed by atoms with van der Waals surface area (Å²) in [7, 11) is 1.75. The number of para-hydroxylation sites is 1. The highest BCUT2D eigenvalue weighted by molar-refractivity contribution is 5.77. The molecule has 4 aromatic rings. The van der Waals surface area contributed by atoms with Crippen molar-refractivity contribution in [2.45, 2.75) is 31.8 Å². The number of rotatable bonds is 4. The van der Waals surface area contributed by atoms with Gasteiger partial charge < -0.3 is 4.42 Å². The highest BCUT2D eigenvalue weighted by Gasteiger charge is 2.30. The van der Waals surface area contributed by atoms with Crippen molar-refractivity contribution in [1.29, 1.82) is 0 Å². The zero-order chi connectivity index (χ0) is 21.4. The van der Waals surface area contributed by atoms with Crippen molar-refractivity contribution in [2.24, 2.45) is 7.05 Å². The average molecular weight is 419 g/mol. The smallest absolute Gasteiger partial charge is 0.261 e. The first-order valence-electron chi connectivity index (χ1n) is 10.4. The first-order chi connectivity index (χ1) is 15.1. The lowest BCUT2D eigenvalue weighted by Crippen LogP contribution is -2.35.